The molecule has 17 heavy (non-hydrogen) atoms. The second kappa shape index (κ2) is 6.76. The average molecular weight is 272 g/mol. The third-order valence-electron chi connectivity index (χ3n) is 2.72. The van der Waals surface area contributed by atoms with Crippen molar-refractivity contribution < 1.29 is 0 Å². The molecule has 0 aliphatic rings. The van der Waals surface area contributed by atoms with E-state index in [0.717, 1.165) is 6.54 Å². The van der Waals surface area contributed by atoms with Crippen LogP contribution >= 0.6 is 23.1 Å². The zero-order chi connectivity index (χ0) is 12.9. The van der Waals surface area contributed by atoms with Crippen LogP contribution in [-0.2, 0) is 12.0 Å². The molecule has 1 atom stereocenters. The summed E-state index contributed by atoms with van der Waals surface area (Å²) in [6.45, 7) is 9.77. The first-order valence-electron chi connectivity index (χ1n) is 6.14. The molecule has 0 aromatic carbocycles. The summed E-state index contributed by atoms with van der Waals surface area (Å²) < 4.78 is 0. The van der Waals surface area contributed by atoms with E-state index < -0.39 is 0 Å². The van der Waals surface area contributed by atoms with Gasteiger partial charge in [-0.15, -0.1) is 11.3 Å². The maximum Gasteiger partial charge on any atom is 0.107 e. The van der Waals surface area contributed by atoms with Crippen molar-refractivity contribution in [1.29, 1.82) is 0 Å². The van der Waals surface area contributed by atoms with Crippen molar-refractivity contribution in [2.24, 2.45) is 0 Å². The van der Waals surface area contributed by atoms with Crippen molar-refractivity contribution in [2.45, 2.75) is 52.1 Å². The molecule has 0 aliphatic carbocycles. The van der Waals surface area contributed by atoms with Gasteiger partial charge < -0.3 is 5.32 Å². The van der Waals surface area contributed by atoms with Crippen LogP contribution in [0.3, 0.4) is 0 Å². The van der Waals surface area contributed by atoms with Gasteiger partial charge in [0.2, 0.25) is 0 Å². The quantitative estimate of drug-likeness (QED) is 0.855. The molecule has 0 amide bonds. The van der Waals surface area contributed by atoms with E-state index in [1.54, 1.807) is 11.3 Å². The monoisotopic (exact) mass is 272 g/mol. The third-order valence-corrected chi connectivity index (χ3v) is 4.31. The normalized spacial score (nSPS) is 13.9. The Labute approximate surface area is 114 Å². The molecular weight excluding hydrogens is 248 g/mol. The Morgan fingerprint density at radius 1 is 1.47 bits per heavy atom. The summed E-state index contributed by atoms with van der Waals surface area (Å²) in [4.78, 5) is 4.70. The molecule has 0 aliphatic heterocycles. The SMILES string of the molecule is CCC(CSC)NCc1nc(C(C)(C)C)cs1. The molecule has 0 fully saturated rings. The minimum Gasteiger partial charge on any atom is -0.307 e. The number of aromatic nitrogens is 1. The summed E-state index contributed by atoms with van der Waals surface area (Å²) in [7, 11) is 0. The van der Waals surface area contributed by atoms with Crippen LogP contribution in [0.1, 0.15) is 44.8 Å². The molecule has 2 nitrogen and oxygen atoms in total. The highest BCUT2D eigenvalue weighted by Crippen LogP contribution is 2.23. The van der Waals surface area contributed by atoms with Gasteiger partial charge in [0.1, 0.15) is 5.01 Å². The van der Waals surface area contributed by atoms with Crippen LogP contribution < -0.4 is 5.32 Å². The van der Waals surface area contributed by atoms with E-state index in [4.69, 9.17) is 4.98 Å². The van der Waals surface area contributed by atoms with Gasteiger partial charge in [-0.05, 0) is 12.7 Å². The lowest BCUT2D eigenvalue weighted by Crippen LogP contribution is -2.30. The number of hydrogen-bond donors (Lipinski definition) is 1. The van der Waals surface area contributed by atoms with Gasteiger partial charge in [0.25, 0.3) is 0 Å². The molecule has 1 aromatic rings. The van der Waals surface area contributed by atoms with Gasteiger partial charge in [-0.25, -0.2) is 4.98 Å². The first-order valence-corrected chi connectivity index (χ1v) is 8.42. The minimum absolute atomic E-state index is 0.165. The predicted octanol–water partition coefficient (Wildman–Crippen LogP) is 3.67. The third kappa shape index (κ3) is 4.98. The molecule has 1 rings (SSSR count). The Morgan fingerprint density at radius 3 is 2.65 bits per heavy atom. The first kappa shape index (κ1) is 15.0. The zero-order valence-electron chi connectivity index (χ0n) is 11.5. The highest BCUT2D eigenvalue weighted by molar-refractivity contribution is 7.98. The predicted molar refractivity (Wildman–Crippen MR) is 80.1 cm³/mol. The first-order chi connectivity index (χ1) is 7.97. The summed E-state index contributed by atoms with van der Waals surface area (Å²) in [5.41, 5.74) is 1.37. The van der Waals surface area contributed by atoms with E-state index in [2.05, 4.69) is 44.6 Å². The van der Waals surface area contributed by atoms with E-state index in [9.17, 15) is 0 Å². The fraction of sp³-hybridized carbons (Fsp3) is 0.769. The fourth-order valence-corrected chi connectivity index (χ4v) is 3.22. The van der Waals surface area contributed by atoms with Crippen LogP contribution in [0.2, 0.25) is 0 Å². The number of rotatable bonds is 6. The molecule has 1 unspecified atom stereocenters. The minimum atomic E-state index is 0.165. The van der Waals surface area contributed by atoms with Gasteiger partial charge in [-0.3, -0.25) is 0 Å². The van der Waals surface area contributed by atoms with E-state index in [-0.39, 0.29) is 5.41 Å². The molecule has 0 bridgehead atoms. The van der Waals surface area contributed by atoms with E-state index in [1.807, 2.05) is 11.8 Å². The van der Waals surface area contributed by atoms with Crippen molar-refractivity contribution >= 4 is 23.1 Å². The average Bonchev–Trinajstić information content (AvgIpc) is 2.72. The van der Waals surface area contributed by atoms with Gasteiger partial charge in [-0.1, -0.05) is 27.7 Å². The maximum absolute atomic E-state index is 4.70. The van der Waals surface area contributed by atoms with Crippen LogP contribution in [0.5, 0.6) is 0 Å². The Kier molecular flexibility index (Phi) is 5.97. The molecule has 1 N–H and O–H groups in total. The standard InChI is InChI=1S/C13H24N2S2/c1-6-10(8-16-5)14-7-12-15-11(9-17-12)13(2,3)4/h9-10,14H,6-8H2,1-5H3. The molecule has 1 aromatic heterocycles. The summed E-state index contributed by atoms with van der Waals surface area (Å²) in [5.74, 6) is 1.17. The molecule has 0 spiro atoms. The Balaban J connectivity index is 2.49. The highest BCUT2D eigenvalue weighted by atomic mass is 32.2. The lowest BCUT2D eigenvalue weighted by Gasteiger charge is -2.15. The number of nitrogens with one attached hydrogen (secondary N) is 1. The van der Waals surface area contributed by atoms with Crippen molar-refractivity contribution in [1.82, 2.24) is 10.3 Å². The molecule has 0 saturated heterocycles. The highest BCUT2D eigenvalue weighted by Gasteiger charge is 2.17. The number of nitrogens with zero attached hydrogens (tertiary/aromatic N) is 1. The Hall–Kier alpha value is -0.0600. The van der Waals surface area contributed by atoms with Crippen LogP contribution in [0.25, 0.3) is 0 Å². The smallest absolute Gasteiger partial charge is 0.107 e. The topological polar surface area (TPSA) is 24.9 Å². The summed E-state index contributed by atoms with van der Waals surface area (Å²) >= 11 is 3.67. The molecule has 0 radical (unpaired) electrons. The van der Waals surface area contributed by atoms with Gasteiger partial charge in [0.05, 0.1) is 5.69 Å². The lowest BCUT2D eigenvalue weighted by atomic mass is 9.93. The molecule has 98 valence electrons. The lowest BCUT2D eigenvalue weighted by molar-refractivity contribution is 0.533. The fourth-order valence-electron chi connectivity index (χ4n) is 1.49. The molecular formula is C13H24N2S2. The van der Waals surface area contributed by atoms with Gasteiger partial charge in [-0.2, -0.15) is 11.8 Å². The van der Waals surface area contributed by atoms with Crippen molar-refractivity contribution in [2.75, 3.05) is 12.0 Å². The van der Waals surface area contributed by atoms with E-state index >= 15 is 0 Å². The second-order valence-electron chi connectivity index (χ2n) is 5.32. The summed E-state index contributed by atoms with van der Waals surface area (Å²) in [6.07, 6.45) is 3.34. The van der Waals surface area contributed by atoms with Crippen molar-refractivity contribution in [3.05, 3.63) is 16.1 Å². The van der Waals surface area contributed by atoms with E-state index in [1.165, 1.54) is 22.9 Å². The number of hydrogen-bond acceptors (Lipinski definition) is 4. The van der Waals surface area contributed by atoms with Crippen LogP contribution in [0, 0.1) is 0 Å². The van der Waals surface area contributed by atoms with Crippen molar-refractivity contribution in [3.8, 4) is 0 Å². The molecule has 4 heteroatoms. The van der Waals surface area contributed by atoms with Gasteiger partial charge in [0.15, 0.2) is 0 Å². The molecule has 0 saturated carbocycles. The second-order valence-corrected chi connectivity index (χ2v) is 7.17. The largest absolute Gasteiger partial charge is 0.307 e. The Bertz CT molecular complexity index is 328. The zero-order valence-corrected chi connectivity index (χ0v) is 13.2. The number of thiazole rings is 1. The van der Waals surface area contributed by atoms with Crippen molar-refractivity contribution in [3.63, 3.8) is 0 Å². The maximum atomic E-state index is 4.70. The van der Waals surface area contributed by atoms with Gasteiger partial charge >= 0.3 is 0 Å². The summed E-state index contributed by atoms with van der Waals surface area (Å²) in [6, 6.07) is 0.604. The van der Waals surface area contributed by atoms with Crippen LogP contribution in [-0.4, -0.2) is 23.0 Å². The Morgan fingerprint density at radius 2 is 2.18 bits per heavy atom. The van der Waals surface area contributed by atoms with Gasteiger partial charge in [0, 0.05) is 29.1 Å². The molecule has 1 heterocycles. The van der Waals surface area contributed by atoms with E-state index in [0.29, 0.717) is 6.04 Å². The van der Waals surface area contributed by atoms with Crippen LogP contribution in [0.4, 0.5) is 0 Å². The number of thioether (sulfide) groups is 1. The summed E-state index contributed by atoms with van der Waals surface area (Å²) in [5, 5.41) is 6.97. The van der Waals surface area contributed by atoms with Crippen LogP contribution in [0.15, 0.2) is 5.38 Å².